The van der Waals surface area contributed by atoms with E-state index in [9.17, 15) is 9.59 Å². The van der Waals surface area contributed by atoms with Gasteiger partial charge in [-0.25, -0.2) is 4.98 Å². The van der Waals surface area contributed by atoms with E-state index < -0.39 is 0 Å². The van der Waals surface area contributed by atoms with Crippen molar-refractivity contribution in [2.24, 2.45) is 0 Å². The lowest BCUT2D eigenvalue weighted by molar-refractivity contribution is -0.131. The van der Waals surface area contributed by atoms with Crippen molar-refractivity contribution in [3.63, 3.8) is 0 Å². The third-order valence-electron chi connectivity index (χ3n) is 5.08. The van der Waals surface area contributed by atoms with Crippen molar-refractivity contribution in [2.75, 3.05) is 19.6 Å². The second kappa shape index (κ2) is 7.61. The van der Waals surface area contributed by atoms with E-state index in [2.05, 4.69) is 15.3 Å². The summed E-state index contributed by atoms with van der Waals surface area (Å²) >= 11 is 0. The second-order valence-electron chi connectivity index (χ2n) is 6.84. The maximum absolute atomic E-state index is 12.4. The summed E-state index contributed by atoms with van der Waals surface area (Å²) < 4.78 is 0. The van der Waals surface area contributed by atoms with E-state index in [4.69, 9.17) is 0 Å². The number of carbonyl (C=O) groups excluding carboxylic acids is 2. The number of likely N-dealkylation sites (tertiary alicyclic amines) is 1. The van der Waals surface area contributed by atoms with Gasteiger partial charge in [0, 0.05) is 24.6 Å². The first kappa shape index (κ1) is 17.3. The van der Waals surface area contributed by atoms with Crippen molar-refractivity contribution < 1.29 is 9.59 Å². The molecule has 1 saturated heterocycles. The molecule has 0 radical (unpaired) electrons. The molecule has 138 valence electrons. The molecule has 2 N–H and O–H groups in total. The number of hydrogen-bond acceptors (Lipinski definition) is 3. The molecule has 2 amide bonds. The van der Waals surface area contributed by atoms with Crippen LogP contribution in [0.2, 0.25) is 0 Å². The van der Waals surface area contributed by atoms with Crippen molar-refractivity contribution in [3.05, 3.63) is 66.0 Å². The third kappa shape index (κ3) is 3.84. The van der Waals surface area contributed by atoms with E-state index in [-0.39, 0.29) is 18.4 Å². The number of aromatic amines is 1. The van der Waals surface area contributed by atoms with E-state index in [1.54, 1.807) is 24.3 Å². The summed E-state index contributed by atoms with van der Waals surface area (Å²) in [4.78, 5) is 34.4. The molecule has 2 aromatic carbocycles. The predicted molar refractivity (Wildman–Crippen MR) is 103 cm³/mol. The van der Waals surface area contributed by atoms with Gasteiger partial charge in [0.25, 0.3) is 5.91 Å². The fraction of sp³-hybridized carbons (Fsp3) is 0.286. The number of imidazole rings is 1. The number of nitrogens with zero attached hydrogens (tertiary/aromatic N) is 2. The Morgan fingerprint density at radius 2 is 1.74 bits per heavy atom. The number of H-pyrrole nitrogens is 1. The number of benzene rings is 2. The Kier molecular flexibility index (Phi) is 4.87. The van der Waals surface area contributed by atoms with Crippen LogP contribution in [0.4, 0.5) is 0 Å². The van der Waals surface area contributed by atoms with E-state index in [0.717, 1.165) is 29.7 Å². The van der Waals surface area contributed by atoms with Gasteiger partial charge >= 0.3 is 0 Å². The SMILES string of the molecule is O=C(NCC(=O)N1CCC(c2nc3ccccc3[nH]2)CC1)c1ccccc1. The lowest BCUT2D eigenvalue weighted by Gasteiger charge is -2.31. The molecule has 1 aliphatic heterocycles. The van der Waals surface area contributed by atoms with E-state index in [1.165, 1.54) is 0 Å². The highest BCUT2D eigenvalue weighted by Gasteiger charge is 2.25. The highest BCUT2D eigenvalue weighted by molar-refractivity contribution is 5.96. The van der Waals surface area contributed by atoms with Crippen LogP contribution in [0, 0.1) is 0 Å². The first-order chi connectivity index (χ1) is 13.2. The number of piperidine rings is 1. The van der Waals surface area contributed by atoms with Crippen molar-refractivity contribution in [2.45, 2.75) is 18.8 Å². The molecule has 0 atom stereocenters. The summed E-state index contributed by atoms with van der Waals surface area (Å²) in [5, 5.41) is 2.71. The monoisotopic (exact) mass is 362 g/mol. The molecule has 0 unspecified atom stereocenters. The molecule has 1 aliphatic rings. The minimum Gasteiger partial charge on any atom is -0.343 e. The molecule has 6 heteroatoms. The van der Waals surface area contributed by atoms with Gasteiger partial charge in [-0.1, -0.05) is 30.3 Å². The van der Waals surface area contributed by atoms with E-state index >= 15 is 0 Å². The molecule has 0 bridgehead atoms. The van der Waals surface area contributed by atoms with Crippen LogP contribution in [0.15, 0.2) is 54.6 Å². The number of para-hydroxylation sites is 2. The largest absolute Gasteiger partial charge is 0.343 e. The molecule has 27 heavy (non-hydrogen) atoms. The zero-order chi connectivity index (χ0) is 18.6. The van der Waals surface area contributed by atoms with Gasteiger partial charge in [0.1, 0.15) is 5.82 Å². The van der Waals surface area contributed by atoms with Gasteiger partial charge in [-0.05, 0) is 37.1 Å². The van der Waals surface area contributed by atoms with Crippen LogP contribution in [-0.2, 0) is 4.79 Å². The Morgan fingerprint density at radius 1 is 1.04 bits per heavy atom. The molecule has 1 fully saturated rings. The summed E-state index contributed by atoms with van der Waals surface area (Å²) in [6.45, 7) is 1.40. The predicted octanol–water partition coefficient (Wildman–Crippen LogP) is 2.70. The molecule has 0 aliphatic carbocycles. The van der Waals surface area contributed by atoms with Crippen LogP contribution < -0.4 is 5.32 Å². The van der Waals surface area contributed by atoms with Gasteiger partial charge in [0.15, 0.2) is 0 Å². The van der Waals surface area contributed by atoms with Crippen LogP contribution >= 0.6 is 0 Å². The van der Waals surface area contributed by atoms with Crippen molar-refractivity contribution in [1.82, 2.24) is 20.2 Å². The van der Waals surface area contributed by atoms with Gasteiger partial charge < -0.3 is 15.2 Å². The number of aromatic nitrogens is 2. The summed E-state index contributed by atoms with van der Waals surface area (Å²) in [6, 6.07) is 16.9. The van der Waals surface area contributed by atoms with Crippen molar-refractivity contribution in [1.29, 1.82) is 0 Å². The number of amides is 2. The second-order valence-corrected chi connectivity index (χ2v) is 6.84. The normalized spacial score (nSPS) is 15.0. The Balaban J connectivity index is 1.29. The summed E-state index contributed by atoms with van der Waals surface area (Å²) in [5.41, 5.74) is 2.60. The molecule has 6 nitrogen and oxygen atoms in total. The van der Waals surface area contributed by atoms with Gasteiger partial charge in [-0.2, -0.15) is 0 Å². The average Bonchev–Trinajstić information content (AvgIpc) is 3.17. The lowest BCUT2D eigenvalue weighted by atomic mass is 9.96. The molecule has 0 spiro atoms. The Morgan fingerprint density at radius 3 is 2.48 bits per heavy atom. The van der Waals surface area contributed by atoms with Gasteiger partial charge in [0.05, 0.1) is 17.6 Å². The molecule has 2 heterocycles. The third-order valence-corrected chi connectivity index (χ3v) is 5.08. The van der Waals surface area contributed by atoms with Crippen LogP contribution in [0.1, 0.15) is 34.9 Å². The standard InChI is InChI=1S/C21H22N4O2/c26-19(14-22-21(27)16-6-2-1-3-7-16)25-12-10-15(11-13-25)20-23-17-8-4-5-9-18(17)24-20/h1-9,15H,10-14H2,(H,22,27)(H,23,24). The van der Waals surface area contributed by atoms with E-state index in [1.807, 2.05) is 35.2 Å². The lowest BCUT2D eigenvalue weighted by Crippen LogP contribution is -2.43. The van der Waals surface area contributed by atoms with Crippen LogP contribution in [-0.4, -0.2) is 46.3 Å². The quantitative estimate of drug-likeness (QED) is 0.749. The zero-order valence-electron chi connectivity index (χ0n) is 15.0. The summed E-state index contributed by atoms with van der Waals surface area (Å²) in [6.07, 6.45) is 1.75. The fourth-order valence-electron chi connectivity index (χ4n) is 3.53. The van der Waals surface area contributed by atoms with Gasteiger partial charge in [0.2, 0.25) is 5.91 Å². The van der Waals surface area contributed by atoms with Gasteiger partial charge in [-0.15, -0.1) is 0 Å². The first-order valence-corrected chi connectivity index (χ1v) is 9.26. The Hall–Kier alpha value is -3.15. The molecule has 1 aromatic heterocycles. The number of carbonyl (C=O) groups is 2. The number of rotatable bonds is 4. The number of nitrogens with one attached hydrogen (secondary N) is 2. The highest BCUT2D eigenvalue weighted by Crippen LogP contribution is 2.27. The van der Waals surface area contributed by atoms with Crippen molar-refractivity contribution in [3.8, 4) is 0 Å². The molecular weight excluding hydrogens is 340 g/mol. The summed E-state index contributed by atoms with van der Waals surface area (Å²) in [7, 11) is 0. The molecule has 4 rings (SSSR count). The molecular formula is C21H22N4O2. The smallest absolute Gasteiger partial charge is 0.251 e. The van der Waals surface area contributed by atoms with Crippen LogP contribution in [0.3, 0.4) is 0 Å². The Labute approximate surface area is 157 Å². The van der Waals surface area contributed by atoms with Crippen molar-refractivity contribution >= 4 is 22.8 Å². The van der Waals surface area contributed by atoms with Crippen LogP contribution in [0.5, 0.6) is 0 Å². The first-order valence-electron chi connectivity index (χ1n) is 9.26. The van der Waals surface area contributed by atoms with Crippen LogP contribution in [0.25, 0.3) is 11.0 Å². The summed E-state index contributed by atoms with van der Waals surface area (Å²) in [5.74, 6) is 1.07. The highest BCUT2D eigenvalue weighted by atomic mass is 16.2. The zero-order valence-corrected chi connectivity index (χ0v) is 15.0. The molecule has 0 saturated carbocycles. The average molecular weight is 362 g/mol. The maximum Gasteiger partial charge on any atom is 0.251 e. The number of hydrogen-bond donors (Lipinski definition) is 2. The fourth-order valence-corrected chi connectivity index (χ4v) is 3.53. The minimum atomic E-state index is -0.221. The van der Waals surface area contributed by atoms with E-state index in [0.29, 0.717) is 24.6 Å². The molecule has 3 aromatic rings. The maximum atomic E-state index is 12.4. The minimum absolute atomic E-state index is 0.0308. The topological polar surface area (TPSA) is 78.1 Å². The Bertz CT molecular complexity index is 910. The number of fused-ring (bicyclic) bond motifs is 1. The van der Waals surface area contributed by atoms with Gasteiger partial charge in [-0.3, -0.25) is 9.59 Å².